The number of aliphatic hydroxyl groups is 1. The number of amides is 1. The molecule has 8 nitrogen and oxygen atoms in total. The average Bonchev–Trinajstić information content (AvgIpc) is 3.25. The minimum Gasteiger partial charge on any atom is -0.490 e. The number of carbonyl (C=O) groups excluding carboxylic acids is 1. The summed E-state index contributed by atoms with van der Waals surface area (Å²) >= 11 is 0. The summed E-state index contributed by atoms with van der Waals surface area (Å²) in [5.41, 5.74) is 7.30. The fraction of sp³-hybridized carbons (Fsp3) is 0.333. The highest BCUT2D eigenvalue weighted by Crippen LogP contribution is 2.34. The van der Waals surface area contributed by atoms with E-state index >= 15 is 0 Å². The summed E-state index contributed by atoms with van der Waals surface area (Å²) < 4.78 is 46.9. The number of benzene rings is 2. The molecule has 182 valence electrons. The summed E-state index contributed by atoms with van der Waals surface area (Å²) in [5.74, 6) is 0.106. The molecule has 10 heteroatoms. The Balaban J connectivity index is 1.87. The number of nitrogens with two attached hydrogens (primary N) is 1. The van der Waals surface area contributed by atoms with Crippen molar-refractivity contribution in [3.05, 3.63) is 59.5 Å². The second-order valence-electron chi connectivity index (χ2n) is 7.80. The molecule has 0 aliphatic rings. The van der Waals surface area contributed by atoms with Gasteiger partial charge < -0.3 is 29.5 Å². The van der Waals surface area contributed by atoms with Gasteiger partial charge in [-0.2, -0.15) is 8.78 Å². The van der Waals surface area contributed by atoms with Gasteiger partial charge in [-0.25, -0.2) is 4.98 Å². The molecule has 1 aromatic heterocycles. The Morgan fingerprint density at radius 3 is 2.65 bits per heavy atom. The van der Waals surface area contributed by atoms with Crippen molar-refractivity contribution in [2.75, 3.05) is 19.8 Å². The zero-order chi connectivity index (χ0) is 24.7. The van der Waals surface area contributed by atoms with Crippen LogP contribution in [0.5, 0.6) is 17.2 Å². The van der Waals surface area contributed by atoms with Crippen LogP contribution in [0.25, 0.3) is 11.5 Å². The molecule has 0 fully saturated rings. The van der Waals surface area contributed by atoms with E-state index < -0.39 is 12.5 Å². The van der Waals surface area contributed by atoms with Gasteiger partial charge in [0.2, 0.25) is 5.89 Å². The summed E-state index contributed by atoms with van der Waals surface area (Å²) in [5, 5.41) is 9.10. The van der Waals surface area contributed by atoms with Crippen LogP contribution in [0.4, 0.5) is 8.78 Å². The standard InChI is InChI=1S/C24H26F2N2O6/c1-14(2)12-32-20-11-16(6-7-19(20)34-24(25)26)23-28-17(13-33-23)10-15-4-3-5-18(22(27)30)21(15)31-9-8-29/h3-7,11,13-14,24,29H,8-10,12H2,1-2H3,(H2,27,30). The van der Waals surface area contributed by atoms with E-state index in [1.807, 2.05) is 13.8 Å². The number of nitrogens with zero attached hydrogens (tertiary/aromatic N) is 1. The van der Waals surface area contributed by atoms with E-state index in [4.69, 9.17) is 24.7 Å². The maximum absolute atomic E-state index is 12.8. The quantitative estimate of drug-likeness (QED) is 0.405. The SMILES string of the molecule is CC(C)COc1cc(-c2nc(Cc3cccc(C(N)=O)c3OCCO)co2)ccc1OC(F)F. The van der Waals surface area contributed by atoms with Crippen LogP contribution in [-0.4, -0.2) is 42.4 Å². The Morgan fingerprint density at radius 1 is 1.18 bits per heavy atom. The van der Waals surface area contributed by atoms with Crippen molar-refractivity contribution in [2.24, 2.45) is 11.7 Å². The van der Waals surface area contributed by atoms with Crippen LogP contribution in [0.3, 0.4) is 0 Å². The van der Waals surface area contributed by atoms with Crippen molar-refractivity contribution in [3.8, 4) is 28.7 Å². The molecular weight excluding hydrogens is 450 g/mol. The lowest BCUT2D eigenvalue weighted by Crippen LogP contribution is -2.15. The molecule has 0 spiro atoms. The molecule has 2 aromatic carbocycles. The normalized spacial score (nSPS) is 11.1. The van der Waals surface area contributed by atoms with Crippen LogP contribution in [0, 0.1) is 5.92 Å². The summed E-state index contributed by atoms with van der Waals surface area (Å²) in [4.78, 5) is 16.2. The number of primary amides is 1. The second kappa shape index (κ2) is 11.5. The van der Waals surface area contributed by atoms with Crippen molar-refractivity contribution in [1.82, 2.24) is 4.98 Å². The summed E-state index contributed by atoms with van der Waals surface area (Å²) in [7, 11) is 0. The van der Waals surface area contributed by atoms with Gasteiger partial charge in [-0.1, -0.05) is 26.0 Å². The minimum absolute atomic E-state index is 0.00640. The molecule has 3 N–H and O–H groups in total. The number of ether oxygens (including phenoxy) is 3. The number of hydrogen-bond acceptors (Lipinski definition) is 7. The highest BCUT2D eigenvalue weighted by atomic mass is 19.3. The molecule has 0 unspecified atom stereocenters. The topological polar surface area (TPSA) is 117 Å². The first-order chi connectivity index (χ1) is 16.3. The molecule has 0 aliphatic heterocycles. The zero-order valence-electron chi connectivity index (χ0n) is 18.8. The molecule has 1 heterocycles. The number of halogens is 2. The van der Waals surface area contributed by atoms with Gasteiger partial charge in [0, 0.05) is 17.5 Å². The maximum Gasteiger partial charge on any atom is 0.387 e. The molecule has 0 atom stereocenters. The third-order valence-electron chi connectivity index (χ3n) is 4.60. The smallest absolute Gasteiger partial charge is 0.387 e. The van der Waals surface area contributed by atoms with Gasteiger partial charge >= 0.3 is 6.61 Å². The fourth-order valence-electron chi connectivity index (χ4n) is 3.16. The van der Waals surface area contributed by atoms with E-state index in [2.05, 4.69) is 9.72 Å². The predicted octanol–water partition coefficient (Wildman–Crippen LogP) is 4.04. The highest BCUT2D eigenvalue weighted by molar-refractivity contribution is 5.96. The van der Waals surface area contributed by atoms with Crippen molar-refractivity contribution in [2.45, 2.75) is 26.9 Å². The van der Waals surface area contributed by atoms with E-state index in [0.29, 0.717) is 23.4 Å². The molecule has 34 heavy (non-hydrogen) atoms. The van der Waals surface area contributed by atoms with E-state index in [1.165, 1.54) is 24.5 Å². The first-order valence-corrected chi connectivity index (χ1v) is 10.6. The Hall–Kier alpha value is -3.66. The average molecular weight is 476 g/mol. The third-order valence-corrected chi connectivity index (χ3v) is 4.60. The van der Waals surface area contributed by atoms with Crippen LogP contribution in [0.2, 0.25) is 0 Å². The number of oxazole rings is 1. The third kappa shape index (κ3) is 6.44. The van der Waals surface area contributed by atoms with Gasteiger partial charge in [0.15, 0.2) is 11.5 Å². The number of hydrogen-bond donors (Lipinski definition) is 2. The van der Waals surface area contributed by atoms with Gasteiger partial charge in [0.1, 0.15) is 18.6 Å². The molecule has 0 saturated carbocycles. The molecule has 0 bridgehead atoms. The number of rotatable bonds is 12. The summed E-state index contributed by atoms with van der Waals surface area (Å²) in [6.45, 7) is 0.958. The fourth-order valence-corrected chi connectivity index (χ4v) is 3.16. The van der Waals surface area contributed by atoms with E-state index in [0.717, 1.165) is 0 Å². The van der Waals surface area contributed by atoms with Crippen LogP contribution in [-0.2, 0) is 6.42 Å². The Kier molecular flexibility index (Phi) is 8.42. The van der Waals surface area contributed by atoms with E-state index in [1.54, 1.807) is 18.2 Å². The molecule has 0 aliphatic carbocycles. The van der Waals surface area contributed by atoms with E-state index in [9.17, 15) is 13.6 Å². The molecule has 1 amide bonds. The summed E-state index contributed by atoms with van der Waals surface area (Å²) in [6.07, 6.45) is 1.70. The zero-order valence-corrected chi connectivity index (χ0v) is 18.8. The van der Waals surface area contributed by atoms with Gasteiger partial charge in [-0.3, -0.25) is 4.79 Å². The molecule has 0 radical (unpaired) electrons. The lowest BCUT2D eigenvalue weighted by Gasteiger charge is -2.14. The first kappa shape index (κ1) is 25.0. The number of alkyl halides is 2. The van der Waals surface area contributed by atoms with Crippen molar-refractivity contribution in [1.29, 1.82) is 0 Å². The van der Waals surface area contributed by atoms with Gasteiger partial charge in [0.05, 0.1) is 24.5 Å². The first-order valence-electron chi connectivity index (χ1n) is 10.6. The molecule has 3 aromatic rings. The largest absolute Gasteiger partial charge is 0.490 e. The highest BCUT2D eigenvalue weighted by Gasteiger charge is 2.18. The second-order valence-corrected chi connectivity index (χ2v) is 7.80. The Morgan fingerprint density at radius 2 is 1.97 bits per heavy atom. The summed E-state index contributed by atoms with van der Waals surface area (Å²) in [6, 6.07) is 9.40. The number of aliphatic hydroxyl groups excluding tert-OH is 1. The van der Waals surface area contributed by atoms with Crippen molar-refractivity contribution in [3.63, 3.8) is 0 Å². The van der Waals surface area contributed by atoms with E-state index in [-0.39, 0.29) is 54.3 Å². The monoisotopic (exact) mass is 476 g/mol. The lowest BCUT2D eigenvalue weighted by atomic mass is 10.0. The maximum atomic E-state index is 12.8. The molecule has 3 rings (SSSR count). The van der Waals surface area contributed by atoms with Crippen LogP contribution in [0.1, 0.15) is 35.5 Å². The number of aromatic nitrogens is 1. The minimum atomic E-state index is -2.99. The Labute approximate surface area is 195 Å². The number of para-hydroxylation sites is 1. The predicted molar refractivity (Wildman–Crippen MR) is 119 cm³/mol. The van der Waals surface area contributed by atoms with Crippen LogP contribution >= 0.6 is 0 Å². The van der Waals surface area contributed by atoms with Crippen molar-refractivity contribution >= 4 is 5.91 Å². The van der Waals surface area contributed by atoms with Crippen LogP contribution in [0.15, 0.2) is 47.1 Å². The Bertz CT molecular complexity index is 1120. The molecule has 0 saturated heterocycles. The van der Waals surface area contributed by atoms with Crippen LogP contribution < -0.4 is 19.9 Å². The van der Waals surface area contributed by atoms with Gasteiger partial charge in [-0.05, 0) is 30.2 Å². The van der Waals surface area contributed by atoms with Crippen molar-refractivity contribution < 1.29 is 37.3 Å². The lowest BCUT2D eigenvalue weighted by molar-refractivity contribution is -0.0515. The van der Waals surface area contributed by atoms with Gasteiger partial charge in [0.25, 0.3) is 5.91 Å². The molecular formula is C24H26F2N2O6. The van der Waals surface area contributed by atoms with Gasteiger partial charge in [-0.15, -0.1) is 0 Å². The number of carbonyl (C=O) groups is 1.